The standard InChI is InChI=1S/C26H29N3O/c1-18(2)21-9-12-23-24(15-21)29(22-10-7-20(16-27)8-11-22)19(3)26(23)25(30)17-28-13-5-4-6-14-28/h7-12,15,18H,4-6,13-14,17H2,1-3H3. The number of rotatable bonds is 5. The van der Waals surface area contributed by atoms with E-state index >= 15 is 0 Å². The maximum atomic E-state index is 13.4. The van der Waals surface area contributed by atoms with Crippen LogP contribution in [-0.4, -0.2) is 34.9 Å². The van der Waals surface area contributed by atoms with Crippen LogP contribution in [0.5, 0.6) is 0 Å². The molecule has 2 aromatic carbocycles. The lowest BCUT2D eigenvalue weighted by Crippen LogP contribution is -2.34. The Morgan fingerprint density at radius 1 is 1.07 bits per heavy atom. The van der Waals surface area contributed by atoms with Gasteiger partial charge in [0.2, 0.25) is 0 Å². The Morgan fingerprint density at radius 2 is 1.77 bits per heavy atom. The summed E-state index contributed by atoms with van der Waals surface area (Å²) < 4.78 is 2.17. The zero-order chi connectivity index (χ0) is 21.3. The van der Waals surface area contributed by atoms with Crippen molar-refractivity contribution < 1.29 is 4.79 Å². The number of carbonyl (C=O) groups excluding carboxylic acids is 1. The van der Waals surface area contributed by atoms with Crippen LogP contribution in [-0.2, 0) is 0 Å². The number of nitrogens with zero attached hydrogens (tertiary/aromatic N) is 3. The van der Waals surface area contributed by atoms with Crippen LogP contribution in [0.25, 0.3) is 16.6 Å². The number of Topliss-reactive ketones (excluding diaryl/α,β-unsaturated/α-hetero) is 1. The summed E-state index contributed by atoms with van der Waals surface area (Å²) in [5.74, 6) is 0.607. The average Bonchev–Trinajstić information content (AvgIpc) is 3.05. The number of piperidine rings is 1. The molecule has 0 amide bonds. The molecule has 0 saturated carbocycles. The van der Waals surface area contributed by atoms with Crippen LogP contribution in [0.2, 0.25) is 0 Å². The van der Waals surface area contributed by atoms with E-state index in [9.17, 15) is 4.79 Å². The van der Waals surface area contributed by atoms with E-state index in [1.165, 1.54) is 24.8 Å². The van der Waals surface area contributed by atoms with E-state index in [4.69, 9.17) is 5.26 Å². The van der Waals surface area contributed by atoms with Gasteiger partial charge < -0.3 is 4.57 Å². The van der Waals surface area contributed by atoms with E-state index in [1.807, 2.05) is 31.2 Å². The lowest BCUT2D eigenvalue weighted by Gasteiger charge is -2.25. The number of fused-ring (bicyclic) bond motifs is 1. The minimum Gasteiger partial charge on any atom is -0.313 e. The first-order valence-corrected chi connectivity index (χ1v) is 10.9. The van der Waals surface area contributed by atoms with Crippen molar-refractivity contribution in [2.45, 2.75) is 46.0 Å². The summed E-state index contributed by atoms with van der Waals surface area (Å²) in [5.41, 5.74) is 5.73. The van der Waals surface area contributed by atoms with Gasteiger partial charge in [-0.05, 0) is 74.7 Å². The number of likely N-dealkylation sites (tertiary alicyclic amines) is 1. The van der Waals surface area contributed by atoms with E-state index < -0.39 is 0 Å². The molecule has 0 bridgehead atoms. The van der Waals surface area contributed by atoms with Gasteiger partial charge in [0.05, 0.1) is 23.7 Å². The summed E-state index contributed by atoms with van der Waals surface area (Å²) in [6.45, 7) is 8.92. The molecule has 1 aliphatic heterocycles. The molecule has 3 aromatic rings. The van der Waals surface area contributed by atoms with Crippen LogP contribution in [0.1, 0.15) is 66.2 Å². The molecule has 0 radical (unpaired) electrons. The first-order valence-electron chi connectivity index (χ1n) is 10.9. The minimum absolute atomic E-state index is 0.198. The molecule has 4 nitrogen and oxygen atoms in total. The maximum absolute atomic E-state index is 13.4. The molecule has 1 aliphatic rings. The minimum atomic E-state index is 0.198. The summed E-state index contributed by atoms with van der Waals surface area (Å²) in [5, 5.41) is 10.2. The predicted octanol–water partition coefficient (Wildman–Crippen LogP) is 5.60. The fraction of sp³-hybridized carbons (Fsp3) is 0.385. The molecule has 0 atom stereocenters. The largest absolute Gasteiger partial charge is 0.313 e. The van der Waals surface area contributed by atoms with Gasteiger partial charge in [0, 0.05) is 22.3 Å². The lowest BCUT2D eigenvalue weighted by atomic mass is 9.99. The number of aromatic nitrogens is 1. The van der Waals surface area contributed by atoms with Gasteiger partial charge in [0.15, 0.2) is 5.78 Å². The van der Waals surface area contributed by atoms with Gasteiger partial charge in [-0.2, -0.15) is 5.26 Å². The third-order valence-electron chi connectivity index (χ3n) is 6.25. The van der Waals surface area contributed by atoms with Crippen molar-refractivity contribution in [1.82, 2.24) is 9.47 Å². The second kappa shape index (κ2) is 8.45. The maximum Gasteiger partial charge on any atom is 0.179 e. The number of nitriles is 1. The van der Waals surface area contributed by atoms with Crippen LogP contribution in [0, 0.1) is 18.3 Å². The van der Waals surface area contributed by atoms with E-state index in [-0.39, 0.29) is 5.78 Å². The van der Waals surface area contributed by atoms with E-state index in [2.05, 4.69) is 47.6 Å². The number of ketones is 1. The third-order valence-corrected chi connectivity index (χ3v) is 6.25. The molecule has 1 fully saturated rings. The van der Waals surface area contributed by atoms with E-state index in [0.29, 0.717) is 18.0 Å². The Labute approximate surface area is 178 Å². The smallest absolute Gasteiger partial charge is 0.179 e. The number of hydrogen-bond acceptors (Lipinski definition) is 3. The average molecular weight is 400 g/mol. The van der Waals surface area contributed by atoms with Gasteiger partial charge in [-0.1, -0.05) is 32.4 Å². The highest BCUT2D eigenvalue weighted by molar-refractivity contribution is 6.11. The Morgan fingerprint density at radius 3 is 2.40 bits per heavy atom. The van der Waals surface area contributed by atoms with Crippen LogP contribution >= 0.6 is 0 Å². The molecule has 4 rings (SSSR count). The topological polar surface area (TPSA) is 49.0 Å². The SMILES string of the molecule is Cc1c(C(=O)CN2CCCCC2)c2ccc(C(C)C)cc2n1-c1ccc(C#N)cc1. The summed E-state index contributed by atoms with van der Waals surface area (Å²) in [6, 6.07) is 16.3. The quantitative estimate of drug-likeness (QED) is 0.525. The van der Waals surface area contributed by atoms with Gasteiger partial charge in [-0.15, -0.1) is 0 Å². The number of hydrogen-bond donors (Lipinski definition) is 0. The Balaban J connectivity index is 1.84. The van der Waals surface area contributed by atoms with Crippen LogP contribution in [0.4, 0.5) is 0 Å². The summed E-state index contributed by atoms with van der Waals surface area (Å²) in [4.78, 5) is 15.7. The Hall–Kier alpha value is -2.90. The van der Waals surface area contributed by atoms with Gasteiger partial charge in [0.1, 0.15) is 0 Å². The number of carbonyl (C=O) groups is 1. The monoisotopic (exact) mass is 399 g/mol. The first-order chi connectivity index (χ1) is 14.5. The van der Waals surface area contributed by atoms with Crippen molar-refractivity contribution in [3.63, 3.8) is 0 Å². The van der Waals surface area contributed by atoms with Gasteiger partial charge in [0.25, 0.3) is 0 Å². The highest BCUT2D eigenvalue weighted by Crippen LogP contribution is 2.32. The van der Waals surface area contributed by atoms with Crippen molar-refractivity contribution in [2.24, 2.45) is 0 Å². The zero-order valence-electron chi connectivity index (χ0n) is 18.1. The van der Waals surface area contributed by atoms with Crippen molar-refractivity contribution in [3.05, 3.63) is 64.8 Å². The molecule has 0 aliphatic carbocycles. The fourth-order valence-corrected chi connectivity index (χ4v) is 4.56. The van der Waals surface area contributed by atoms with Crippen LogP contribution < -0.4 is 0 Å². The van der Waals surface area contributed by atoms with E-state index in [1.54, 1.807) is 0 Å². The predicted molar refractivity (Wildman–Crippen MR) is 121 cm³/mol. The number of benzene rings is 2. The Kier molecular flexibility index (Phi) is 5.74. The van der Waals surface area contributed by atoms with Gasteiger partial charge in [-0.3, -0.25) is 9.69 Å². The molecule has 1 saturated heterocycles. The van der Waals surface area contributed by atoms with E-state index in [0.717, 1.165) is 40.9 Å². The highest BCUT2D eigenvalue weighted by Gasteiger charge is 2.23. The van der Waals surface area contributed by atoms with Crippen molar-refractivity contribution in [2.75, 3.05) is 19.6 Å². The second-order valence-corrected chi connectivity index (χ2v) is 8.65. The summed E-state index contributed by atoms with van der Waals surface area (Å²) >= 11 is 0. The molecule has 154 valence electrons. The zero-order valence-corrected chi connectivity index (χ0v) is 18.1. The molecule has 0 N–H and O–H groups in total. The van der Waals surface area contributed by atoms with Crippen molar-refractivity contribution >= 4 is 16.7 Å². The molecule has 4 heteroatoms. The molecule has 0 unspecified atom stereocenters. The molecular weight excluding hydrogens is 370 g/mol. The van der Waals surface area contributed by atoms with Gasteiger partial charge in [-0.25, -0.2) is 0 Å². The van der Waals surface area contributed by atoms with Crippen molar-refractivity contribution in [3.8, 4) is 11.8 Å². The normalized spacial score (nSPS) is 14.9. The highest BCUT2D eigenvalue weighted by atomic mass is 16.1. The first kappa shape index (κ1) is 20.4. The molecular formula is C26H29N3O. The molecule has 2 heterocycles. The second-order valence-electron chi connectivity index (χ2n) is 8.65. The van der Waals surface area contributed by atoms with Crippen molar-refractivity contribution in [1.29, 1.82) is 5.26 Å². The van der Waals surface area contributed by atoms with Crippen LogP contribution in [0.15, 0.2) is 42.5 Å². The fourth-order valence-electron chi connectivity index (χ4n) is 4.56. The van der Waals surface area contributed by atoms with Crippen LogP contribution in [0.3, 0.4) is 0 Å². The molecule has 30 heavy (non-hydrogen) atoms. The van der Waals surface area contributed by atoms with Gasteiger partial charge >= 0.3 is 0 Å². The third kappa shape index (κ3) is 3.78. The summed E-state index contributed by atoms with van der Waals surface area (Å²) in [6.07, 6.45) is 3.62. The molecule has 0 spiro atoms. The Bertz CT molecular complexity index is 1110. The molecule has 1 aromatic heterocycles. The lowest BCUT2D eigenvalue weighted by molar-refractivity contribution is 0.0916. The summed E-state index contributed by atoms with van der Waals surface area (Å²) in [7, 11) is 0.